The molecule has 6 nitrogen and oxygen atoms in total. The van der Waals surface area contributed by atoms with Crippen molar-refractivity contribution in [1.82, 2.24) is 15.0 Å². The zero-order chi connectivity index (χ0) is 22.5. The van der Waals surface area contributed by atoms with Crippen LogP contribution in [0, 0.1) is 11.7 Å². The highest BCUT2D eigenvalue weighted by molar-refractivity contribution is 5.98. The van der Waals surface area contributed by atoms with Crippen molar-refractivity contribution in [3.63, 3.8) is 0 Å². The first-order valence-electron chi connectivity index (χ1n) is 10.0. The lowest BCUT2D eigenvalue weighted by molar-refractivity contribution is -0.137. The number of carbonyl (C=O) groups excluding carboxylic acids is 1. The summed E-state index contributed by atoms with van der Waals surface area (Å²) in [7, 11) is 0. The summed E-state index contributed by atoms with van der Waals surface area (Å²) < 4.78 is 53.7. The van der Waals surface area contributed by atoms with Crippen molar-refractivity contribution in [2.45, 2.75) is 31.1 Å². The van der Waals surface area contributed by atoms with Crippen molar-refractivity contribution in [2.24, 2.45) is 5.92 Å². The minimum Gasteiger partial charge on any atom is -0.341 e. The summed E-state index contributed by atoms with van der Waals surface area (Å²) >= 11 is 0. The van der Waals surface area contributed by atoms with Crippen LogP contribution >= 0.6 is 0 Å². The van der Waals surface area contributed by atoms with Gasteiger partial charge in [0.2, 0.25) is 5.91 Å². The van der Waals surface area contributed by atoms with Crippen LogP contribution in [0.2, 0.25) is 0 Å². The molecule has 1 aliphatic heterocycles. The fourth-order valence-corrected chi connectivity index (χ4v) is 4.26. The molecule has 3 aromatic rings. The number of benzene rings is 1. The Labute approximate surface area is 180 Å². The van der Waals surface area contributed by atoms with Gasteiger partial charge in [-0.1, -0.05) is 6.07 Å². The first kappa shape index (κ1) is 20.3. The minimum absolute atomic E-state index is 0.174. The second-order valence-corrected chi connectivity index (χ2v) is 7.88. The molecule has 164 valence electrons. The van der Waals surface area contributed by atoms with Crippen molar-refractivity contribution in [1.29, 1.82) is 0 Å². The fourth-order valence-electron chi connectivity index (χ4n) is 4.26. The van der Waals surface area contributed by atoms with Gasteiger partial charge >= 0.3 is 6.18 Å². The minimum atomic E-state index is -4.67. The number of anilines is 2. The number of hydrogen-bond donors (Lipinski definition) is 1. The first-order chi connectivity index (χ1) is 15.3. The third-order valence-electron chi connectivity index (χ3n) is 5.77. The summed E-state index contributed by atoms with van der Waals surface area (Å²) in [6.45, 7) is 0. The molecule has 3 heterocycles. The van der Waals surface area contributed by atoms with Gasteiger partial charge in [0.25, 0.3) is 0 Å². The monoisotopic (exact) mass is 443 g/mol. The third kappa shape index (κ3) is 3.76. The first-order valence-corrected chi connectivity index (χ1v) is 10.0. The van der Waals surface area contributed by atoms with Gasteiger partial charge in [-0.05, 0) is 49.1 Å². The zero-order valence-electron chi connectivity index (χ0n) is 16.6. The Morgan fingerprint density at radius 1 is 1.06 bits per heavy atom. The average Bonchev–Trinajstić information content (AvgIpc) is 3.43. The molecule has 1 saturated carbocycles. The maximum absolute atomic E-state index is 13.5. The molecular formula is C22H17F4N5O. The lowest BCUT2D eigenvalue weighted by Crippen LogP contribution is -2.42. The predicted molar refractivity (Wildman–Crippen MR) is 108 cm³/mol. The topological polar surface area (TPSA) is 71.0 Å². The third-order valence-corrected chi connectivity index (χ3v) is 5.77. The number of alkyl halides is 3. The Bertz CT molecular complexity index is 1150. The number of carbonyl (C=O) groups is 1. The molecule has 32 heavy (non-hydrogen) atoms. The zero-order valence-corrected chi connectivity index (χ0v) is 16.6. The lowest BCUT2D eigenvalue weighted by Gasteiger charge is -2.27. The van der Waals surface area contributed by atoms with E-state index in [0.29, 0.717) is 18.2 Å². The number of amides is 1. The van der Waals surface area contributed by atoms with E-state index in [4.69, 9.17) is 0 Å². The summed E-state index contributed by atoms with van der Waals surface area (Å²) in [6.07, 6.45) is 0.226. The number of halogens is 4. The molecular weight excluding hydrogens is 426 g/mol. The molecule has 3 atom stereocenters. The Morgan fingerprint density at radius 3 is 2.53 bits per heavy atom. The van der Waals surface area contributed by atoms with E-state index < -0.39 is 23.6 Å². The quantitative estimate of drug-likeness (QED) is 0.609. The Hall–Kier alpha value is -3.56. The van der Waals surface area contributed by atoms with Gasteiger partial charge in [0.1, 0.15) is 11.9 Å². The molecule has 1 N–H and O–H groups in total. The van der Waals surface area contributed by atoms with Crippen LogP contribution in [0.5, 0.6) is 0 Å². The normalized spacial score (nSPS) is 21.9. The Balaban J connectivity index is 1.43. The van der Waals surface area contributed by atoms with Crippen molar-refractivity contribution in [2.75, 3.05) is 10.2 Å². The molecule has 2 fully saturated rings. The number of nitrogens with zero attached hydrogens (tertiary/aromatic N) is 4. The van der Waals surface area contributed by atoms with Crippen LogP contribution in [-0.2, 0) is 11.0 Å². The van der Waals surface area contributed by atoms with Gasteiger partial charge < -0.3 is 10.2 Å². The van der Waals surface area contributed by atoms with Gasteiger partial charge in [-0.3, -0.25) is 4.79 Å². The molecule has 1 aliphatic carbocycles. The lowest BCUT2D eigenvalue weighted by atomic mass is 10.0. The highest BCUT2D eigenvalue weighted by atomic mass is 19.4. The number of rotatable bonds is 4. The van der Waals surface area contributed by atoms with Crippen molar-refractivity contribution < 1.29 is 22.4 Å². The van der Waals surface area contributed by atoms with Gasteiger partial charge in [-0.2, -0.15) is 13.2 Å². The smallest absolute Gasteiger partial charge is 0.341 e. The van der Waals surface area contributed by atoms with Crippen LogP contribution < -0.4 is 10.2 Å². The highest BCUT2D eigenvalue weighted by Crippen LogP contribution is 2.49. The summed E-state index contributed by atoms with van der Waals surface area (Å²) in [5, 5.41) is 2.72. The summed E-state index contributed by atoms with van der Waals surface area (Å²) in [4.78, 5) is 26.7. The predicted octanol–water partition coefficient (Wildman–Crippen LogP) is 4.30. The maximum atomic E-state index is 13.5. The second kappa shape index (κ2) is 7.54. The van der Waals surface area contributed by atoms with E-state index in [-0.39, 0.29) is 29.0 Å². The van der Waals surface area contributed by atoms with Crippen molar-refractivity contribution in [3.05, 3.63) is 66.4 Å². The van der Waals surface area contributed by atoms with E-state index in [9.17, 15) is 22.4 Å². The number of aromatic nitrogens is 3. The highest BCUT2D eigenvalue weighted by Gasteiger charge is 2.54. The second-order valence-electron chi connectivity index (χ2n) is 7.88. The van der Waals surface area contributed by atoms with Crippen LogP contribution in [0.4, 0.5) is 29.1 Å². The molecule has 2 aromatic heterocycles. The van der Waals surface area contributed by atoms with Gasteiger partial charge in [-0.25, -0.2) is 19.3 Å². The van der Waals surface area contributed by atoms with E-state index in [1.54, 1.807) is 12.3 Å². The molecule has 0 unspecified atom stereocenters. The molecule has 1 amide bonds. The van der Waals surface area contributed by atoms with Crippen LogP contribution in [0.15, 0.2) is 55.0 Å². The number of pyridine rings is 1. The molecule has 1 aromatic carbocycles. The molecule has 1 saturated heterocycles. The van der Waals surface area contributed by atoms with Gasteiger partial charge in [0.05, 0.1) is 18.0 Å². The van der Waals surface area contributed by atoms with Crippen molar-refractivity contribution in [3.8, 4) is 11.4 Å². The summed E-state index contributed by atoms with van der Waals surface area (Å²) in [5.41, 5.74) is -1.14. The van der Waals surface area contributed by atoms with E-state index in [1.165, 1.54) is 6.07 Å². The standard InChI is InChI=1S/C22H17F4N5O/c23-13-10-28-20(29-11-13)15-9-14(4-5-16(15)22(24,25)26)30-21(32)18-8-12-7-17(12)31(18)19-3-1-2-6-27-19/h1-6,9-12,17-18H,7-8H2,(H,30,32)/t12-,17-,18-/m1/s1. The molecule has 5 rings (SSSR count). The largest absolute Gasteiger partial charge is 0.417 e. The average molecular weight is 443 g/mol. The van der Waals surface area contributed by atoms with Gasteiger partial charge in [-0.15, -0.1) is 0 Å². The van der Waals surface area contributed by atoms with Crippen LogP contribution in [0.3, 0.4) is 0 Å². The molecule has 0 bridgehead atoms. The summed E-state index contributed by atoms with van der Waals surface area (Å²) in [6, 6.07) is 8.46. The fraction of sp³-hybridized carbons (Fsp3) is 0.273. The van der Waals surface area contributed by atoms with Crippen LogP contribution in [0.25, 0.3) is 11.4 Å². The number of nitrogens with one attached hydrogen (secondary N) is 1. The Kier molecular flexibility index (Phi) is 4.79. The number of hydrogen-bond acceptors (Lipinski definition) is 5. The molecule has 10 heteroatoms. The van der Waals surface area contributed by atoms with E-state index in [2.05, 4.69) is 20.3 Å². The molecule has 0 spiro atoms. The van der Waals surface area contributed by atoms with Crippen LogP contribution in [-0.4, -0.2) is 32.9 Å². The number of fused-ring (bicyclic) bond motifs is 1. The summed E-state index contributed by atoms with van der Waals surface area (Å²) in [5.74, 6) is -0.268. The van der Waals surface area contributed by atoms with Gasteiger partial charge in [0.15, 0.2) is 11.6 Å². The Morgan fingerprint density at radius 2 is 1.84 bits per heavy atom. The molecule has 2 aliphatic rings. The van der Waals surface area contributed by atoms with E-state index in [1.807, 2.05) is 17.0 Å². The van der Waals surface area contributed by atoms with Gasteiger partial charge in [0, 0.05) is 23.5 Å². The number of piperidine rings is 1. The SMILES string of the molecule is O=C(Nc1ccc(C(F)(F)F)c(-c2ncc(F)cn2)c1)[C@H]1C[C@H]2C[C@H]2N1c1ccccn1. The van der Waals surface area contributed by atoms with Crippen LogP contribution in [0.1, 0.15) is 18.4 Å². The van der Waals surface area contributed by atoms with E-state index in [0.717, 1.165) is 30.9 Å². The van der Waals surface area contributed by atoms with Crippen molar-refractivity contribution >= 4 is 17.4 Å². The van der Waals surface area contributed by atoms with E-state index >= 15 is 0 Å². The maximum Gasteiger partial charge on any atom is 0.417 e. The molecule has 0 radical (unpaired) electrons.